The van der Waals surface area contributed by atoms with Gasteiger partial charge in [-0.3, -0.25) is 19.7 Å². The van der Waals surface area contributed by atoms with Crippen LogP contribution in [0.5, 0.6) is 0 Å². The van der Waals surface area contributed by atoms with Crippen LogP contribution in [0, 0.1) is 10.1 Å². The van der Waals surface area contributed by atoms with Crippen molar-refractivity contribution >= 4 is 39.5 Å². The molecule has 122 valence electrons. The average molecular weight is 390 g/mol. The number of carbonyl (C=O) groups excluding carboxylic acids is 2. The lowest BCUT2D eigenvalue weighted by molar-refractivity contribution is -0.384. The van der Waals surface area contributed by atoms with E-state index in [9.17, 15) is 19.7 Å². The number of nitrogens with one attached hydrogen (secondary N) is 1. The quantitative estimate of drug-likeness (QED) is 0.464. The molecule has 0 unspecified atom stereocenters. The zero-order valence-electron chi connectivity index (χ0n) is 12.2. The number of amides is 2. The number of hydrogen-bond donors (Lipinski definition) is 2. The Bertz CT molecular complexity index is 849. The standard InChI is InChI=1S/C16H12BrN3O4/c17-12-5-2-4-11(9-12)16(22)19-14(15(18)21)8-10-3-1-6-13(7-10)20(23)24/h1-9H,(H2,18,21)(H,19,22)/b14-8+. The summed E-state index contributed by atoms with van der Waals surface area (Å²) in [7, 11) is 0. The lowest BCUT2D eigenvalue weighted by Crippen LogP contribution is -2.31. The van der Waals surface area contributed by atoms with E-state index >= 15 is 0 Å². The van der Waals surface area contributed by atoms with E-state index in [-0.39, 0.29) is 11.4 Å². The van der Waals surface area contributed by atoms with Gasteiger partial charge in [-0.25, -0.2) is 0 Å². The molecule has 0 spiro atoms. The van der Waals surface area contributed by atoms with Crippen molar-refractivity contribution in [1.29, 1.82) is 0 Å². The number of nitrogens with zero attached hydrogens (tertiary/aromatic N) is 1. The zero-order valence-corrected chi connectivity index (χ0v) is 13.8. The van der Waals surface area contributed by atoms with Gasteiger partial charge < -0.3 is 11.1 Å². The Balaban J connectivity index is 2.29. The summed E-state index contributed by atoms with van der Waals surface area (Å²) in [4.78, 5) is 34.0. The minimum atomic E-state index is -0.857. The van der Waals surface area contributed by atoms with Crippen LogP contribution in [-0.2, 0) is 4.79 Å². The number of nitro groups is 1. The van der Waals surface area contributed by atoms with Crippen LogP contribution in [-0.4, -0.2) is 16.7 Å². The highest BCUT2D eigenvalue weighted by atomic mass is 79.9. The molecule has 0 aliphatic heterocycles. The maximum Gasteiger partial charge on any atom is 0.270 e. The van der Waals surface area contributed by atoms with E-state index in [1.165, 1.54) is 24.3 Å². The predicted molar refractivity (Wildman–Crippen MR) is 91.9 cm³/mol. The molecule has 0 fully saturated rings. The topological polar surface area (TPSA) is 115 Å². The fourth-order valence-electron chi connectivity index (χ4n) is 1.89. The second-order valence-electron chi connectivity index (χ2n) is 4.74. The van der Waals surface area contributed by atoms with Crippen LogP contribution in [0.15, 0.2) is 58.7 Å². The number of nitrogens with two attached hydrogens (primary N) is 1. The van der Waals surface area contributed by atoms with Crippen LogP contribution in [0.4, 0.5) is 5.69 Å². The SMILES string of the molecule is NC(=O)/C(=C\c1cccc([N+](=O)[O-])c1)NC(=O)c1cccc(Br)c1. The van der Waals surface area contributed by atoms with Crippen LogP contribution in [0.3, 0.4) is 0 Å². The van der Waals surface area contributed by atoms with Crippen molar-refractivity contribution < 1.29 is 14.5 Å². The summed E-state index contributed by atoms with van der Waals surface area (Å²) in [6.07, 6.45) is 1.28. The van der Waals surface area contributed by atoms with Crippen molar-refractivity contribution in [3.05, 3.63) is 79.9 Å². The number of carbonyl (C=O) groups is 2. The van der Waals surface area contributed by atoms with E-state index in [2.05, 4.69) is 21.2 Å². The van der Waals surface area contributed by atoms with Crippen molar-refractivity contribution in [2.45, 2.75) is 0 Å². The Morgan fingerprint density at radius 1 is 1.17 bits per heavy atom. The second kappa shape index (κ2) is 7.51. The fourth-order valence-corrected chi connectivity index (χ4v) is 2.29. The molecule has 2 amide bonds. The molecule has 0 atom stereocenters. The first-order chi connectivity index (χ1) is 11.4. The second-order valence-corrected chi connectivity index (χ2v) is 5.65. The molecule has 0 aromatic heterocycles. The Morgan fingerprint density at radius 2 is 1.88 bits per heavy atom. The van der Waals surface area contributed by atoms with Gasteiger partial charge in [-0.15, -0.1) is 0 Å². The predicted octanol–water partition coefficient (Wildman–Crippen LogP) is 2.61. The monoisotopic (exact) mass is 389 g/mol. The van der Waals surface area contributed by atoms with E-state index in [0.717, 1.165) is 0 Å². The molecule has 0 saturated heterocycles. The Morgan fingerprint density at radius 3 is 2.50 bits per heavy atom. The highest BCUT2D eigenvalue weighted by Gasteiger charge is 2.13. The van der Waals surface area contributed by atoms with Gasteiger partial charge in [0.05, 0.1) is 4.92 Å². The van der Waals surface area contributed by atoms with Crippen LogP contribution in [0.2, 0.25) is 0 Å². The number of non-ortho nitro benzene ring substituents is 1. The number of hydrogen-bond acceptors (Lipinski definition) is 4. The van der Waals surface area contributed by atoms with Crippen molar-refractivity contribution in [2.75, 3.05) is 0 Å². The zero-order chi connectivity index (χ0) is 17.7. The molecule has 0 radical (unpaired) electrons. The summed E-state index contributed by atoms with van der Waals surface area (Å²) in [6, 6.07) is 12.2. The number of nitro benzene ring substituents is 1. The molecule has 0 heterocycles. The first-order valence-electron chi connectivity index (χ1n) is 6.69. The first-order valence-corrected chi connectivity index (χ1v) is 7.49. The normalized spacial score (nSPS) is 11.0. The molecule has 2 aromatic carbocycles. The molecule has 0 aliphatic carbocycles. The third-order valence-electron chi connectivity index (χ3n) is 2.99. The Kier molecular flexibility index (Phi) is 5.43. The average Bonchev–Trinajstić information content (AvgIpc) is 2.54. The summed E-state index contributed by atoms with van der Waals surface area (Å²) in [5, 5.41) is 13.2. The van der Waals surface area contributed by atoms with Gasteiger partial charge in [0.2, 0.25) is 0 Å². The summed E-state index contributed by atoms with van der Waals surface area (Å²) in [5.74, 6) is -1.38. The lowest BCUT2D eigenvalue weighted by Gasteiger charge is -2.07. The molecule has 0 saturated carbocycles. The number of primary amides is 1. The lowest BCUT2D eigenvalue weighted by atomic mass is 10.1. The molecule has 7 nitrogen and oxygen atoms in total. The highest BCUT2D eigenvalue weighted by Crippen LogP contribution is 2.16. The first kappa shape index (κ1) is 17.4. The molecular weight excluding hydrogens is 378 g/mol. The van der Waals surface area contributed by atoms with E-state index in [0.29, 0.717) is 15.6 Å². The molecule has 0 bridgehead atoms. The number of benzene rings is 2. The maximum atomic E-state index is 12.2. The molecular formula is C16H12BrN3O4. The van der Waals surface area contributed by atoms with Gasteiger partial charge >= 0.3 is 0 Å². The molecule has 3 N–H and O–H groups in total. The van der Waals surface area contributed by atoms with E-state index in [1.54, 1.807) is 30.3 Å². The van der Waals surface area contributed by atoms with Crippen molar-refractivity contribution in [3.63, 3.8) is 0 Å². The molecule has 24 heavy (non-hydrogen) atoms. The van der Waals surface area contributed by atoms with Gasteiger partial charge in [-0.2, -0.15) is 0 Å². The number of rotatable bonds is 5. The minimum absolute atomic E-state index is 0.133. The van der Waals surface area contributed by atoms with Crippen LogP contribution in [0.25, 0.3) is 6.08 Å². The maximum absolute atomic E-state index is 12.2. The fraction of sp³-hybridized carbons (Fsp3) is 0. The van der Waals surface area contributed by atoms with Gasteiger partial charge in [0, 0.05) is 22.2 Å². The van der Waals surface area contributed by atoms with Crippen LogP contribution < -0.4 is 11.1 Å². The molecule has 2 aromatic rings. The molecule has 8 heteroatoms. The number of halogens is 1. The third-order valence-corrected chi connectivity index (χ3v) is 3.49. The summed E-state index contributed by atoms with van der Waals surface area (Å²) in [6.45, 7) is 0. The third kappa shape index (κ3) is 4.50. The molecule has 0 aliphatic rings. The summed E-state index contributed by atoms with van der Waals surface area (Å²) < 4.78 is 0.707. The highest BCUT2D eigenvalue weighted by molar-refractivity contribution is 9.10. The Labute approximate surface area is 145 Å². The van der Waals surface area contributed by atoms with E-state index in [4.69, 9.17) is 5.73 Å². The smallest absolute Gasteiger partial charge is 0.270 e. The van der Waals surface area contributed by atoms with Gasteiger partial charge in [-0.1, -0.05) is 34.1 Å². The summed E-state index contributed by atoms with van der Waals surface area (Å²) in [5.41, 5.74) is 5.67. The van der Waals surface area contributed by atoms with E-state index < -0.39 is 16.7 Å². The van der Waals surface area contributed by atoms with Gasteiger partial charge in [0.25, 0.3) is 17.5 Å². The van der Waals surface area contributed by atoms with Crippen molar-refractivity contribution in [2.24, 2.45) is 5.73 Å². The van der Waals surface area contributed by atoms with Crippen molar-refractivity contribution in [3.8, 4) is 0 Å². The minimum Gasteiger partial charge on any atom is -0.364 e. The molecule has 2 rings (SSSR count). The largest absolute Gasteiger partial charge is 0.364 e. The van der Waals surface area contributed by atoms with Crippen LogP contribution >= 0.6 is 15.9 Å². The van der Waals surface area contributed by atoms with Crippen LogP contribution in [0.1, 0.15) is 15.9 Å². The van der Waals surface area contributed by atoms with Gasteiger partial charge in [-0.05, 0) is 29.8 Å². The van der Waals surface area contributed by atoms with E-state index in [1.807, 2.05) is 0 Å². The van der Waals surface area contributed by atoms with Crippen molar-refractivity contribution in [1.82, 2.24) is 5.32 Å². The summed E-state index contributed by atoms with van der Waals surface area (Å²) >= 11 is 3.25. The van der Waals surface area contributed by atoms with Gasteiger partial charge in [0.1, 0.15) is 5.70 Å². The van der Waals surface area contributed by atoms with Gasteiger partial charge in [0.15, 0.2) is 0 Å². The Hall–Kier alpha value is -3.00.